The molecule has 0 bridgehead atoms. The first-order valence-corrected chi connectivity index (χ1v) is 9.27. The fourth-order valence-electron chi connectivity index (χ4n) is 3.44. The average Bonchev–Trinajstić information content (AvgIpc) is 3.06. The average molecular weight is 375 g/mol. The Morgan fingerprint density at radius 3 is 2.67 bits per heavy atom. The van der Waals surface area contributed by atoms with E-state index in [1.807, 2.05) is 11.9 Å². The first-order valence-electron chi connectivity index (χ1n) is 9.27. The van der Waals surface area contributed by atoms with Gasteiger partial charge in [-0.3, -0.25) is 0 Å². The summed E-state index contributed by atoms with van der Waals surface area (Å²) in [6.45, 7) is 1.89. The zero-order chi connectivity index (χ0) is 19.4. The van der Waals surface area contributed by atoms with Crippen molar-refractivity contribution in [3.8, 4) is 0 Å². The van der Waals surface area contributed by atoms with Crippen LogP contribution in [-0.2, 0) is 6.54 Å². The lowest BCUT2D eigenvalue weighted by atomic mass is 9.94. The molecule has 0 unspecified atom stereocenters. The second-order valence-corrected chi connectivity index (χ2v) is 7.08. The first-order chi connectivity index (χ1) is 12.9. The first kappa shape index (κ1) is 19.1. The number of anilines is 2. The van der Waals surface area contributed by atoms with Crippen LogP contribution < -0.4 is 10.2 Å². The number of hydrogen-bond acceptors (Lipinski definition) is 5. The molecule has 1 aromatic heterocycles. The SMILES string of the molecule is Cc1nc(CN(C)C(=O)Nc2ccc(N(C)C3CCCCC3)c(F)c2)no1. The van der Waals surface area contributed by atoms with Gasteiger partial charge in [0.1, 0.15) is 5.82 Å². The Morgan fingerprint density at radius 1 is 1.30 bits per heavy atom. The summed E-state index contributed by atoms with van der Waals surface area (Å²) in [6, 6.07) is 4.81. The van der Waals surface area contributed by atoms with Crippen LogP contribution in [0.4, 0.5) is 20.6 Å². The monoisotopic (exact) mass is 375 g/mol. The molecule has 27 heavy (non-hydrogen) atoms. The minimum atomic E-state index is -0.370. The third kappa shape index (κ3) is 4.75. The summed E-state index contributed by atoms with van der Waals surface area (Å²) in [5.41, 5.74) is 0.977. The van der Waals surface area contributed by atoms with Gasteiger partial charge in [0.15, 0.2) is 5.82 Å². The third-order valence-electron chi connectivity index (χ3n) is 5.00. The molecule has 0 radical (unpaired) electrons. The molecular formula is C19H26FN5O2. The molecule has 0 saturated heterocycles. The molecule has 1 saturated carbocycles. The predicted octanol–water partition coefficient (Wildman–Crippen LogP) is 3.95. The summed E-state index contributed by atoms with van der Waals surface area (Å²) in [7, 11) is 3.55. The number of nitrogens with one attached hydrogen (secondary N) is 1. The van der Waals surface area contributed by atoms with E-state index >= 15 is 0 Å². The van der Waals surface area contributed by atoms with Gasteiger partial charge in [0.05, 0.1) is 12.2 Å². The van der Waals surface area contributed by atoms with E-state index in [0.29, 0.717) is 29.1 Å². The maximum Gasteiger partial charge on any atom is 0.321 e. The highest BCUT2D eigenvalue weighted by molar-refractivity contribution is 5.89. The number of carbonyl (C=O) groups excluding carboxylic acids is 1. The molecule has 1 heterocycles. The van der Waals surface area contributed by atoms with Crippen molar-refractivity contribution in [3.63, 3.8) is 0 Å². The van der Waals surface area contributed by atoms with Gasteiger partial charge < -0.3 is 19.6 Å². The van der Waals surface area contributed by atoms with Gasteiger partial charge in [0.2, 0.25) is 5.89 Å². The van der Waals surface area contributed by atoms with Gasteiger partial charge in [0, 0.05) is 32.7 Å². The van der Waals surface area contributed by atoms with E-state index in [-0.39, 0.29) is 18.4 Å². The van der Waals surface area contributed by atoms with E-state index < -0.39 is 0 Å². The van der Waals surface area contributed by atoms with E-state index in [2.05, 4.69) is 15.5 Å². The van der Waals surface area contributed by atoms with E-state index in [9.17, 15) is 9.18 Å². The van der Waals surface area contributed by atoms with Crippen LogP contribution in [0.15, 0.2) is 22.7 Å². The van der Waals surface area contributed by atoms with Crippen LogP contribution in [0.1, 0.15) is 43.8 Å². The molecule has 3 rings (SSSR count). The lowest BCUT2D eigenvalue weighted by Gasteiger charge is -2.33. The standard InChI is InChI=1S/C19H26FN5O2/c1-13-21-18(23-27-13)12-24(2)19(26)22-14-9-10-17(16(20)11-14)25(3)15-7-5-4-6-8-15/h9-11,15H,4-8,12H2,1-3H3,(H,22,26). The lowest BCUT2D eigenvalue weighted by molar-refractivity contribution is 0.219. The Balaban J connectivity index is 1.61. The van der Waals surface area contributed by atoms with Crippen LogP contribution in [0.3, 0.4) is 0 Å². The van der Waals surface area contributed by atoms with Crippen molar-refractivity contribution in [3.05, 3.63) is 35.7 Å². The van der Waals surface area contributed by atoms with Crippen molar-refractivity contribution in [1.29, 1.82) is 0 Å². The fraction of sp³-hybridized carbons (Fsp3) is 0.526. The van der Waals surface area contributed by atoms with Crippen molar-refractivity contribution in [2.45, 2.75) is 51.6 Å². The molecule has 0 spiro atoms. The molecule has 2 aromatic rings. The molecule has 1 fully saturated rings. The largest absolute Gasteiger partial charge is 0.369 e. The topological polar surface area (TPSA) is 74.5 Å². The summed E-state index contributed by atoms with van der Waals surface area (Å²) in [4.78, 5) is 19.8. The van der Waals surface area contributed by atoms with Crippen LogP contribution in [0.25, 0.3) is 0 Å². The fourth-order valence-corrected chi connectivity index (χ4v) is 3.44. The van der Waals surface area contributed by atoms with E-state index in [1.54, 1.807) is 26.1 Å². The number of rotatable bonds is 5. The molecule has 0 atom stereocenters. The molecule has 7 nitrogen and oxygen atoms in total. The number of halogens is 1. The maximum absolute atomic E-state index is 14.6. The molecule has 8 heteroatoms. The second kappa shape index (κ2) is 8.37. The molecule has 1 aliphatic rings. The number of aryl methyl sites for hydroxylation is 1. The molecule has 146 valence electrons. The van der Waals surface area contributed by atoms with E-state index in [1.165, 1.54) is 30.2 Å². The van der Waals surface area contributed by atoms with Crippen molar-refractivity contribution in [2.24, 2.45) is 0 Å². The molecule has 1 aromatic carbocycles. The number of amides is 2. The number of urea groups is 1. The highest BCUT2D eigenvalue weighted by atomic mass is 19.1. The molecule has 1 N–H and O–H groups in total. The number of nitrogens with zero attached hydrogens (tertiary/aromatic N) is 4. The zero-order valence-electron chi connectivity index (χ0n) is 16.0. The summed E-state index contributed by atoms with van der Waals surface area (Å²) in [5, 5.41) is 6.46. The summed E-state index contributed by atoms with van der Waals surface area (Å²) >= 11 is 0. The lowest BCUT2D eigenvalue weighted by Crippen LogP contribution is -2.34. The molecule has 1 aliphatic carbocycles. The summed E-state index contributed by atoms with van der Waals surface area (Å²) in [6.07, 6.45) is 5.83. The third-order valence-corrected chi connectivity index (χ3v) is 5.00. The Bertz CT molecular complexity index is 788. The highest BCUT2D eigenvalue weighted by Gasteiger charge is 2.21. The van der Waals surface area contributed by atoms with Gasteiger partial charge in [-0.1, -0.05) is 24.4 Å². The number of carbonyl (C=O) groups is 1. The van der Waals surface area contributed by atoms with Crippen molar-refractivity contribution < 1.29 is 13.7 Å². The van der Waals surface area contributed by atoms with Crippen LogP contribution in [-0.4, -0.2) is 41.2 Å². The van der Waals surface area contributed by atoms with Crippen molar-refractivity contribution >= 4 is 17.4 Å². The van der Waals surface area contributed by atoms with Crippen LogP contribution >= 0.6 is 0 Å². The summed E-state index contributed by atoms with van der Waals surface area (Å²) in [5.74, 6) is 0.525. The number of benzene rings is 1. The smallest absolute Gasteiger partial charge is 0.321 e. The Labute approximate surface area is 158 Å². The van der Waals surface area contributed by atoms with Crippen molar-refractivity contribution in [2.75, 3.05) is 24.3 Å². The van der Waals surface area contributed by atoms with Gasteiger partial charge in [-0.05, 0) is 31.0 Å². The van der Waals surface area contributed by atoms with Crippen molar-refractivity contribution in [1.82, 2.24) is 15.0 Å². The number of aromatic nitrogens is 2. The second-order valence-electron chi connectivity index (χ2n) is 7.08. The van der Waals surface area contributed by atoms with E-state index in [4.69, 9.17) is 4.52 Å². The number of hydrogen-bond donors (Lipinski definition) is 1. The van der Waals surface area contributed by atoms with E-state index in [0.717, 1.165) is 12.8 Å². The van der Waals surface area contributed by atoms with Gasteiger partial charge in [0.25, 0.3) is 0 Å². The van der Waals surface area contributed by atoms with Crippen LogP contribution in [0.2, 0.25) is 0 Å². The Hall–Kier alpha value is -2.64. The summed E-state index contributed by atoms with van der Waals surface area (Å²) < 4.78 is 19.5. The molecule has 2 amide bonds. The van der Waals surface area contributed by atoms with Crippen LogP contribution in [0, 0.1) is 12.7 Å². The minimum Gasteiger partial charge on any atom is -0.369 e. The zero-order valence-corrected chi connectivity index (χ0v) is 16.0. The van der Waals surface area contributed by atoms with Gasteiger partial charge in [-0.15, -0.1) is 0 Å². The van der Waals surface area contributed by atoms with Gasteiger partial charge >= 0.3 is 6.03 Å². The Kier molecular flexibility index (Phi) is 5.93. The van der Waals surface area contributed by atoms with Crippen LogP contribution in [0.5, 0.6) is 0 Å². The highest BCUT2D eigenvalue weighted by Crippen LogP contribution is 2.29. The maximum atomic E-state index is 14.6. The molecular weight excluding hydrogens is 349 g/mol. The van der Waals surface area contributed by atoms with Gasteiger partial charge in [-0.2, -0.15) is 4.98 Å². The predicted molar refractivity (Wildman–Crippen MR) is 101 cm³/mol. The normalized spacial score (nSPS) is 14.8. The molecule has 0 aliphatic heterocycles. The minimum absolute atomic E-state index is 0.203. The Morgan fingerprint density at radius 2 is 2.04 bits per heavy atom. The quantitative estimate of drug-likeness (QED) is 0.856. The van der Waals surface area contributed by atoms with Gasteiger partial charge in [-0.25, -0.2) is 9.18 Å².